The normalized spacial score (nSPS) is 25.2. The molecule has 0 amide bonds. The van der Waals surface area contributed by atoms with Gasteiger partial charge in [0.05, 0.1) is 20.8 Å². The summed E-state index contributed by atoms with van der Waals surface area (Å²) in [5, 5.41) is 0. The zero-order chi connectivity index (χ0) is 18.7. The van der Waals surface area contributed by atoms with E-state index in [0.29, 0.717) is 24.5 Å². The van der Waals surface area contributed by atoms with Crippen LogP contribution >= 0.6 is 0 Å². The fourth-order valence-electron chi connectivity index (χ4n) is 4.67. The number of hydrogen-bond donors (Lipinski definition) is 0. The summed E-state index contributed by atoms with van der Waals surface area (Å²) in [6.45, 7) is 6.51. The van der Waals surface area contributed by atoms with Gasteiger partial charge in [0.15, 0.2) is 11.5 Å². The number of carbonyl (C=O) groups is 1. The second-order valence-electron chi connectivity index (χ2n) is 7.46. The summed E-state index contributed by atoms with van der Waals surface area (Å²) in [7, 11) is 3.39. The molecular weight excluding hydrogens is 330 g/mol. The van der Waals surface area contributed by atoms with E-state index in [4.69, 9.17) is 14.2 Å². The molecule has 1 fully saturated rings. The summed E-state index contributed by atoms with van der Waals surface area (Å²) in [5.74, 6) is 2.69. The van der Waals surface area contributed by atoms with Crippen molar-refractivity contribution in [1.82, 2.24) is 4.90 Å². The highest BCUT2D eigenvalue weighted by molar-refractivity contribution is 5.65. The molecule has 0 bridgehead atoms. The van der Waals surface area contributed by atoms with Crippen LogP contribution in [0.1, 0.15) is 50.3 Å². The average Bonchev–Trinajstić information content (AvgIpc) is 2.65. The van der Waals surface area contributed by atoms with E-state index in [1.54, 1.807) is 14.2 Å². The Hall–Kier alpha value is -1.75. The molecule has 0 N–H and O–H groups in total. The maximum Gasteiger partial charge on any atom is 0.302 e. The number of fused-ring (bicyclic) bond motifs is 3. The van der Waals surface area contributed by atoms with Crippen molar-refractivity contribution in [2.45, 2.75) is 45.6 Å². The number of rotatable bonds is 6. The highest BCUT2D eigenvalue weighted by Crippen LogP contribution is 2.45. The topological polar surface area (TPSA) is 48.0 Å². The van der Waals surface area contributed by atoms with Gasteiger partial charge in [-0.3, -0.25) is 9.69 Å². The second kappa shape index (κ2) is 8.30. The van der Waals surface area contributed by atoms with Crippen LogP contribution in [0.25, 0.3) is 0 Å². The number of nitrogens with zero attached hydrogens (tertiary/aromatic N) is 1. The number of methoxy groups -OCH3 is 2. The molecule has 3 rings (SSSR count). The van der Waals surface area contributed by atoms with E-state index >= 15 is 0 Å². The molecule has 3 atom stereocenters. The van der Waals surface area contributed by atoms with Crippen LogP contribution in [0.5, 0.6) is 11.5 Å². The predicted molar refractivity (Wildman–Crippen MR) is 101 cm³/mol. The first-order valence-corrected chi connectivity index (χ1v) is 9.69. The minimum Gasteiger partial charge on any atom is -0.493 e. The maximum absolute atomic E-state index is 11.1. The van der Waals surface area contributed by atoms with Gasteiger partial charge in [-0.1, -0.05) is 13.3 Å². The molecule has 0 saturated carbocycles. The molecule has 0 radical (unpaired) electrons. The van der Waals surface area contributed by atoms with Crippen molar-refractivity contribution in [1.29, 1.82) is 0 Å². The van der Waals surface area contributed by atoms with E-state index in [1.807, 2.05) is 0 Å². The van der Waals surface area contributed by atoms with E-state index in [2.05, 4.69) is 24.0 Å². The molecule has 0 aromatic heterocycles. The van der Waals surface area contributed by atoms with Crippen LogP contribution in [0.3, 0.4) is 0 Å². The van der Waals surface area contributed by atoms with Crippen molar-refractivity contribution in [2.24, 2.45) is 11.8 Å². The summed E-state index contributed by atoms with van der Waals surface area (Å²) in [6.07, 6.45) is 4.29. The molecule has 5 heteroatoms. The predicted octanol–water partition coefficient (Wildman–Crippen LogP) is 3.60. The van der Waals surface area contributed by atoms with E-state index in [1.165, 1.54) is 24.5 Å². The Labute approximate surface area is 156 Å². The molecule has 0 spiro atoms. The van der Waals surface area contributed by atoms with E-state index < -0.39 is 0 Å². The van der Waals surface area contributed by atoms with Crippen molar-refractivity contribution >= 4 is 5.97 Å². The molecule has 1 aromatic rings. The van der Waals surface area contributed by atoms with Crippen molar-refractivity contribution in [2.75, 3.05) is 33.9 Å². The lowest BCUT2D eigenvalue weighted by Gasteiger charge is -2.47. The van der Waals surface area contributed by atoms with Crippen molar-refractivity contribution < 1.29 is 19.0 Å². The monoisotopic (exact) mass is 361 g/mol. The number of benzene rings is 1. The SMILES string of the molecule is CC[C@@H]1CN2CCc3cc(OC)c(OC)cc3[C@@H]2C[C@@H]1CCOC(C)=O. The first-order chi connectivity index (χ1) is 12.6. The van der Waals surface area contributed by atoms with E-state index in [9.17, 15) is 4.79 Å². The molecule has 1 aromatic carbocycles. The minimum atomic E-state index is -0.185. The van der Waals surface area contributed by atoms with Gasteiger partial charge in [-0.05, 0) is 54.4 Å². The van der Waals surface area contributed by atoms with Crippen LogP contribution in [0.15, 0.2) is 12.1 Å². The van der Waals surface area contributed by atoms with Crippen LogP contribution in [0.2, 0.25) is 0 Å². The minimum absolute atomic E-state index is 0.185. The number of esters is 1. The Bertz CT molecular complexity index is 645. The van der Waals surface area contributed by atoms with Gasteiger partial charge in [0.1, 0.15) is 0 Å². The summed E-state index contributed by atoms with van der Waals surface area (Å²) >= 11 is 0. The number of piperidine rings is 1. The van der Waals surface area contributed by atoms with Gasteiger partial charge in [-0.15, -0.1) is 0 Å². The van der Waals surface area contributed by atoms with Crippen LogP contribution in [0.4, 0.5) is 0 Å². The molecule has 0 unspecified atom stereocenters. The number of hydrogen-bond acceptors (Lipinski definition) is 5. The quantitative estimate of drug-likeness (QED) is 0.725. The zero-order valence-electron chi connectivity index (χ0n) is 16.4. The van der Waals surface area contributed by atoms with Crippen molar-refractivity contribution in [3.8, 4) is 11.5 Å². The summed E-state index contributed by atoms with van der Waals surface area (Å²) in [5.41, 5.74) is 2.75. The molecule has 5 nitrogen and oxygen atoms in total. The number of carbonyl (C=O) groups excluding carboxylic acids is 1. The summed E-state index contributed by atoms with van der Waals surface area (Å²) in [6, 6.07) is 4.73. The molecule has 144 valence electrons. The van der Waals surface area contributed by atoms with Crippen LogP contribution in [-0.4, -0.2) is 44.8 Å². The lowest BCUT2D eigenvalue weighted by Crippen LogP contribution is -2.46. The standard InChI is InChI=1S/C21H31NO4/c1-5-15-13-22-8-6-17-11-20(24-3)21(25-4)12-18(17)19(22)10-16(15)7-9-26-14(2)23/h11-12,15-16,19H,5-10,13H2,1-4H3/t15-,16+,19+/m1/s1. The van der Waals surface area contributed by atoms with E-state index in [-0.39, 0.29) is 5.97 Å². The van der Waals surface area contributed by atoms with E-state index in [0.717, 1.165) is 43.9 Å². The smallest absolute Gasteiger partial charge is 0.302 e. The van der Waals surface area contributed by atoms with Gasteiger partial charge in [0, 0.05) is 26.1 Å². The van der Waals surface area contributed by atoms with Crippen molar-refractivity contribution in [3.05, 3.63) is 23.3 Å². The van der Waals surface area contributed by atoms with Crippen molar-refractivity contribution in [3.63, 3.8) is 0 Å². The summed E-state index contributed by atoms with van der Waals surface area (Å²) < 4.78 is 16.2. The Kier molecular flexibility index (Phi) is 6.07. The molecule has 1 saturated heterocycles. The lowest BCUT2D eigenvalue weighted by molar-refractivity contribution is -0.141. The molecule has 2 aliphatic heterocycles. The Morgan fingerprint density at radius 1 is 1.19 bits per heavy atom. The van der Waals surface area contributed by atoms with Crippen LogP contribution in [0, 0.1) is 11.8 Å². The van der Waals surface area contributed by atoms with Crippen LogP contribution < -0.4 is 9.47 Å². The molecule has 2 aliphatic rings. The van der Waals surface area contributed by atoms with Crippen LogP contribution in [-0.2, 0) is 16.0 Å². The molecule has 2 heterocycles. The fraction of sp³-hybridized carbons (Fsp3) is 0.667. The third-order valence-corrected chi connectivity index (χ3v) is 6.09. The first kappa shape index (κ1) is 19.0. The Morgan fingerprint density at radius 3 is 2.58 bits per heavy atom. The fourth-order valence-corrected chi connectivity index (χ4v) is 4.67. The Morgan fingerprint density at radius 2 is 1.92 bits per heavy atom. The van der Waals surface area contributed by atoms with Gasteiger partial charge in [-0.25, -0.2) is 0 Å². The third kappa shape index (κ3) is 3.83. The Balaban J connectivity index is 1.82. The largest absolute Gasteiger partial charge is 0.493 e. The maximum atomic E-state index is 11.1. The highest BCUT2D eigenvalue weighted by Gasteiger charge is 2.38. The third-order valence-electron chi connectivity index (χ3n) is 6.09. The number of ether oxygens (including phenoxy) is 3. The average molecular weight is 361 g/mol. The van der Waals surface area contributed by atoms with Gasteiger partial charge in [0.2, 0.25) is 0 Å². The zero-order valence-corrected chi connectivity index (χ0v) is 16.4. The summed E-state index contributed by atoms with van der Waals surface area (Å²) in [4.78, 5) is 13.7. The first-order valence-electron chi connectivity index (χ1n) is 9.69. The van der Waals surface area contributed by atoms with Gasteiger partial charge in [0.25, 0.3) is 0 Å². The second-order valence-corrected chi connectivity index (χ2v) is 7.46. The molecular formula is C21H31NO4. The molecule has 0 aliphatic carbocycles. The lowest BCUT2D eigenvalue weighted by atomic mass is 9.74. The van der Waals surface area contributed by atoms with Gasteiger partial charge < -0.3 is 14.2 Å². The van der Waals surface area contributed by atoms with Gasteiger partial charge >= 0.3 is 5.97 Å². The van der Waals surface area contributed by atoms with Gasteiger partial charge in [-0.2, -0.15) is 0 Å². The highest BCUT2D eigenvalue weighted by atomic mass is 16.5. The molecule has 26 heavy (non-hydrogen) atoms.